The Hall–Kier alpha value is -1.07. The summed E-state index contributed by atoms with van der Waals surface area (Å²) in [5, 5.41) is 5.17. The summed E-state index contributed by atoms with van der Waals surface area (Å²) in [5.41, 5.74) is 0.632. The van der Waals surface area contributed by atoms with E-state index in [9.17, 15) is 8.42 Å². The van der Waals surface area contributed by atoms with Gasteiger partial charge in [0.05, 0.1) is 11.5 Å². The van der Waals surface area contributed by atoms with Crippen LogP contribution in [0, 0.1) is 5.92 Å². The van der Waals surface area contributed by atoms with E-state index in [2.05, 4.69) is 13.8 Å². The van der Waals surface area contributed by atoms with Gasteiger partial charge < -0.3 is 4.74 Å². The van der Waals surface area contributed by atoms with Gasteiger partial charge in [-0.3, -0.25) is 0 Å². The second kappa shape index (κ2) is 5.51. The highest BCUT2D eigenvalue weighted by Crippen LogP contribution is 2.33. The van der Waals surface area contributed by atoms with Gasteiger partial charge >= 0.3 is 0 Å². The summed E-state index contributed by atoms with van der Waals surface area (Å²) >= 11 is 0. The Bertz CT molecular complexity index is 542. The molecule has 0 aromatic heterocycles. The third-order valence-electron chi connectivity index (χ3n) is 2.66. The van der Waals surface area contributed by atoms with E-state index in [0.29, 0.717) is 18.3 Å². The van der Waals surface area contributed by atoms with E-state index in [0.717, 1.165) is 5.56 Å². The maximum atomic E-state index is 11.4. The Morgan fingerprint density at radius 1 is 1.26 bits per heavy atom. The van der Waals surface area contributed by atoms with Crippen molar-refractivity contribution in [3.05, 3.63) is 23.8 Å². The summed E-state index contributed by atoms with van der Waals surface area (Å²) in [7, 11) is -3.69. The minimum absolute atomic E-state index is 0.120. The van der Waals surface area contributed by atoms with Crippen molar-refractivity contribution in [2.24, 2.45) is 11.1 Å². The predicted octanol–water partition coefficient (Wildman–Crippen LogP) is 2.67. The highest BCUT2D eigenvalue weighted by Gasteiger charge is 2.22. The largest absolute Gasteiger partial charge is 0.493 e. The normalized spacial score (nSPS) is 12.8. The molecule has 0 aliphatic rings. The van der Waals surface area contributed by atoms with Crippen molar-refractivity contribution in [3.63, 3.8) is 0 Å². The monoisotopic (exact) mass is 285 g/mol. The third-order valence-corrected chi connectivity index (χ3v) is 3.57. The lowest BCUT2D eigenvalue weighted by Gasteiger charge is -2.24. The fourth-order valence-electron chi connectivity index (χ4n) is 1.65. The van der Waals surface area contributed by atoms with Gasteiger partial charge in [0.1, 0.15) is 5.75 Å². The molecule has 1 aromatic rings. The van der Waals surface area contributed by atoms with Crippen molar-refractivity contribution in [2.45, 2.75) is 44.9 Å². The lowest BCUT2D eigenvalue weighted by Crippen LogP contribution is -2.18. The van der Waals surface area contributed by atoms with Crippen LogP contribution < -0.4 is 9.88 Å². The molecular formula is C14H23NO3S. The van der Waals surface area contributed by atoms with Gasteiger partial charge in [0.25, 0.3) is 0 Å². The molecule has 0 unspecified atom stereocenters. The van der Waals surface area contributed by atoms with Crippen molar-refractivity contribution < 1.29 is 13.2 Å². The molecule has 0 atom stereocenters. The molecule has 0 bridgehead atoms. The number of hydrogen-bond donors (Lipinski definition) is 1. The molecule has 0 heterocycles. The molecule has 0 amide bonds. The number of rotatable bonds is 4. The first-order valence-electron chi connectivity index (χ1n) is 6.32. The topological polar surface area (TPSA) is 69.4 Å². The first-order chi connectivity index (χ1) is 8.51. The van der Waals surface area contributed by atoms with Crippen LogP contribution in [-0.2, 0) is 15.4 Å². The third kappa shape index (κ3) is 4.51. The Morgan fingerprint density at radius 2 is 1.84 bits per heavy atom. The van der Waals surface area contributed by atoms with Crippen LogP contribution >= 0.6 is 0 Å². The minimum atomic E-state index is -3.69. The van der Waals surface area contributed by atoms with Crippen LogP contribution in [0.1, 0.15) is 40.2 Å². The highest BCUT2D eigenvalue weighted by atomic mass is 32.2. The molecule has 0 spiro atoms. The van der Waals surface area contributed by atoms with Gasteiger partial charge in [-0.15, -0.1) is 0 Å². The fraction of sp³-hybridized carbons (Fsp3) is 0.571. The zero-order valence-electron chi connectivity index (χ0n) is 12.2. The summed E-state index contributed by atoms with van der Waals surface area (Å²) in [5.74, 6) is 1.12. The molecule has 5 heteroatoms. The van der Waals surface area contributed by atoms with E-state index in [1.54, 1.807) is 12.1 Å². The summed E-state index contributed by atoms with van der Waals surface area (Å²) < 4.78 is 28.6. The number of nitrogens with two attached hydrogens (primary N) is 1. The van der Waals surface area contributed by atoms with Crippen molar-refractivity contribution >= 4 is 10.0 Å². The smallest absolute Gasteiger partial charge is 0.238 e. The number of ether oxygens (including phenoxy) is 1. The van der Waals surface area contributed by atoms with Gasteiger partial charge in [-0.25, -0.2) is 13.6 Å². The summed E-state index contributed by atoms with van der Waals surface area (Å²) in [6, 6.07) is 4.77. The Labute approximate surface area is 116 Å². The van der Waals surface area contributed by atoms with Crippen LogP contribution in [0.4, 0.5) is 0 Å². The SMILES string of the molecule is CC(C)COc1ccc(S(N)(=O)=O)cc1C(C)(C)C. The van der Waals surface area contributed by atoms with Crippen molar-refractivity contribution in [2.75, 3.05) is 6.61 Å². The van der Waals surface area contributed by atoms with E-state index < -0.39 is 10.0 Å². The zero-order valence-corrected chi connectivity index (χ0v) is 13.0. The lowest BCUT2D eigenvalue weighted by molar-refractivity contribution is 0.264. The average Bonchev–Trinajstić information content (AvgIpc) is 2.23. The molecule has 0 fully saturated rings. The molecule has 1 rings (SSSR count). The first kappa shape index (κ1) is 16.0. The number of benzene rings is 1. The van der Waals surface area contributed by atoms with Crippen molar-refractivity contribution in [1.29, 1.82) is 0 Å². The Kier molecular flexibility index (Phi) is 4.63. The van der Waals surface area contributed by atoms with Gasteiger partial charge in [-0.1, -0.05) is 34.6 Å². The second-order valence-corrected chi connectivity index (χ2v) is 7.72. The molecular weight excluding hydrogens is 262 g/mol. The van der Waals surface area contributed by atoms with Crippen LogP contribution in [0.5, 0.6) is 5.75 Å². The number of sulfonamides is 1. The Balaban J connectivity index is 3.26. The van der Waals surface area contributed by atoms with E-state index in [1.165, 1.54) is 6.07 Å². The molecule has 0 saturated heterocycles. The number of hydrogen-bond acceptors (Lipinski definition) is 3. The average molecular weight is 285 g/mol. The molecule has 108 valence electrons. The molecule has 4 nitrogen and oxygen atoms in total. The maximum absolute atomic E-state index is 11.4. The number of primary sulfonamides is 1. The summed E-state index contributed by atoms with van der Waals surface area (Å²) in [6.07, 6.45) is 0. The van der Waals surface area contributed by atoms with Gasteiger partial charge in [0.15, 0.2) is 0 Å². The van der Waals surface area contributed by atoms with Gasteiger partial charge in [0, 0.05) is 5.56 Å². The quantitative estimate of drug-likeness (QED) is 0.924. The molecule has 2 N–H and O–H groups in total. The van der Waals surface area contributed by atoms with Crippen molar-refractivity contribution in [1.82, 2.24) is 0 Å². The fourth-order valence-corrected chi connectivity index (χ4v) is 2.19. The van der Waals surface area contributed by atoms with Crippen molar-refractivity contribution in [3.8, 4) is 5.75 Å². The van der Waals surface area contributed by atoms with Gasteiger partial charge in [0.2, 0.25) is 10.0 Å². The van der Waals surface area contributed by atoms with Crippen LogP contribution in [0.15, 0.2) is 23.1 Å². The maximum Gasteiger partial charge on any atom is 0.238 e. The molecule has 0 aliphatic heterocycles. The van der Waals surface area contributed by atoms with E-state index in [1.807, 2.05) is 20.8 Å². The second-order valence-electron chi connectivity index (χ2n) is 6.16. The molecule has 0 aliphatic carbocycles. The molecule has 19 heavy (non-hydrogen) atoms. The standard InChI is InChI=1S/C14H23NO3S/c1-10(2)9-18-13-7-6-11(19(15,16)17)8-12(13)14(3,4)5/h6-8,10H,9H2,1-5H3,(H2,15,16,17). The zero-order chi connectivity index (χ0) is 14.8. The Morgan fingerprint density at radius 3 is 2.26 bits per heavy atom. The lowest BCUT2D eigenvalue weighted by atomic mass is 9.86. The van der Waals surface area contributed by atoms with E-state index in [4.69, 9.17) is 9.88 Å². The molecule has 0 saturated carbocycles. The van der Waals surface area contributed by atoms with E-state index in [-0.39, 0.29) is 10.3 Å². The van der Waals surface area contributed by atoms with Crippen LogP contribution in [0.3, 0.4) is 0 Å². The van der Waals surface area contributed by atoms with E-state index >= 15 is 0 Å². The summed E-state index contributed by atoms with van der Waals surface area (Å²) in [4.78, 5) is 0.120. The minimum Gasteiger partial charge on any atom is -0.493 e. The van der Waals surface area contributed by atoms with Crippen LogP contribution in [0.2, 0.25) is 0 Å². The van der Waals surface area contributed by atoms with Gasteiger partial charge in [-0.05, 0) is 29.5 Å². The van der Waals surface area contributed by atoms with Gasteiger partial charge in [-0.2, -0.15) is 0 Å². The van der Waals surface area contributed by atoms with Crippen LogP contribution in [-0.4, -0.2) is 15.0 Å². The molecule has 1 aromatic carbocycles. The van der Waals surface area contributed by atoms with Crippen LogP contribution in [0.25, 0.3) is 0 Å². The predicted molar refractivity (Wildman–Crippen MR) is 76.8 cm³/mol. The molecule has 0 radical (unpaired) electrons. The highest BCUT2D eigenvalue weighted by molar-refractivity contribution is 7.89. The summed E-state index contributed by atoms with van der Waals surface area (Å²) in [6.45, 7) is 10.8. The first-order valence-corrected chi connectivity index (χ1v) is 7.86.